The molecular weight excluding hydrogens is 441 g/mol. The zero-order valence-corrected chi connectivity index (χ0v) is 18.9. The van der Waals surface area contributed by atoms with E-state index in [0.29, 0.717) is 16.9 Å². The zero-order chi connectivity index (χ0) is 24.7. The van der Waals surface area contributed by atoms with Crippen molar-refractivity contribution < 1.29 is 9.18 Å². The summed E-state index contributed by atoms with van der Waals surface area (Å²) in [6, 6.07) is 10.9. The molecular formula is C24H22FN5O4. The van der Waals surface area contributed by atoms with E-state index in [2.05, 4.69) is 15.6 Å². The highest BCUT2D eigenvalue weighted by Gasteiger charge is 2.21. The Morgan fingerprint density at radius 3 is 2.47 bits per heavy atom. The summed E-state index contributed by atoms with van der Waals surface area (Å²) in [5.74, 6) is -0.831. The maximum atomic E-state index is 14.6. The molecule has 0 radical (unpaired) electrons. The summed E-state index contributed by atoms with van der Waals surface area (Å²) in [5, 5.41) is 5.49. The summed E-state index contributed by atoms with van der Waals surface area (Å²) in [5.41, 5.74) is -0.220. The van der Waals surface area contributed by atoms with Crippen molar-refractivity contribution in [3.05, 3.63) is 90.6 Å². The Kier molecular flexibility index (Phi) is 5.66. The second-order valence-electron chi connectivity index (χ2n) is 8.00. The zero-order valence-electron chi connectivity index (χ0n) is 18.9. The van der Waals surface area contributed by atoms with Gasteiger partial charge in [0, 0.05) is 25.2 Å². The van der Waals surface area contributed by atoms with Crippen LogP contribution in [0.1, 0.15) is 18.1 Å². The highest BCUT2D eigenvalue weighted by Crippen LogP contribution is 2.27. The van der Waals surface area contributed by atoms with Crippen LogP contribution in [0.25, 0.3) is 16.6 Å². The molecule has 0 aliphatic carbocycles. The van der Waals surface area contributed by atoms with Gasteiger partial charge in [-0.1, -0.05) is 12.1 Å². The molecule has 0 spiro atoms. The van der Waals surface area contributed by atoms with Crippen LogP contribution in [0.4, 0.5) is 21.6 Å². The van der Waals surface area contributed by atoms with Gasteiger partial charge in [0.05, 0.1) is 16.9 Å². The number of carbonyl (C=O) groups is 1. The number of benzene rings is 2. The molecule has 0 aliphatic heterocycles. The highest BCUT2D eigenvalue weighted by atomic mass is 19.1. The third-order valence-corrected chi connectivity index (χ3v) is 5.47. The quantitative estimate of drug-likeness (QED) is 0.430. The number of aryl methyl sites for hydroxylation is 2. The molecule has 0 aliphatic rings. The lowest BCUT2D eigenvalue weighted by atomic mass is 10.1. The van der Waals surface area contributed by atoms with Crippen LogP contribution in [0.15, 0.2) is 56.8 Å². The molecule has 2 heterocycles. The standard InChI is InChI=1S/C24H22FN5O4/c1-12-8-9-18(17(25)10-12)27-21-19-20(13(2)23(33)29(21)4)30(24(34)28-22(19)32)16-7-5-6-15(11-16)26-14(3)31/h5-11,27H,1-4H3,(H,26,31)(H,28,32,34). The van der Waals surface area contributed by atoms with E-state index in [1.807, 2.05) is 0 Å². The van der Waals surface area contributed by atoms with Gasteiger partial charge >= 0.3 is 5.69 Å². The number of H-pyrrole nitrogens is 1. The summed E-state index contributed by atoms with van der Waals surface area (Å²) in [6.45, 7) is 4.60. The molecule has 4 rings (SSSR count). The fraction of sp³-hybridized carbons (Fsp3) is 0.167. The van der Waals surface area contributed by atoms with E-state index < -0.39 is 22.6 Å². The van der Waals surface area contributed by atoms with Crippen LogP contribution in [0, 0.1) is 19.7 Å². The maximum absolute atomic E-state index is 14.6. The minimum Gasteiger partial charge on any atom is -0.338 e. The van der Waals surface area contributed by atoms with E-state index in [1.165, 1.54) is 42.2 Å². The Morgan fingerprint density at radius 2 is 1.79 bits per heavy atom. The first-order valence-corrected chi connectivity index (χ1v) is 10.4. The lowest BCUT2D eigenvalue weighted by Crippen LogP contribution is -2.34. The van der Waals surface area contributed by atoms with Crippen LogP contribution in [0.2, 0.25) is 0 Å². The van der Waals surface area contributed by atoms with Gasteiger partial charge in [0.1, 0.15) is 17.0 Å². The van der Waals surface area contributed by atoms with Crippen molar-refractivity contribution in [2.75, 3.05) is 10.6 Å². The van der Waals surface area contributed by atoms with Gasteiger partial charge in [0.25, 0.3) is 11.1 Å². The van der Waals surface area contributed by atoms with Crippen molar-refractivity contribution in [2.24, 2.45) is 7.05 Å². The number of hydrogen-bond donors (Lipinski definition) is 3. The summed E-state index contributed by atoms with van der Waals surface area (Å²) >= 11 is 0. The Morgan fingerprint density at radius 1 is 1.06 bits per heavy atom. The smallest absolute Gasteiger partial charge is 0.333 e. The number of fused-ring (bicyclic) bond motifs is 1. The third kappa shape index (κ3) is 3.90. The molecule has 0 saturated carbocycles. The lowest BCUT2D eigenvalue weighted by molar-refractivity contribution is -0.114. The van der Waals surface area contributed by atoms with Crippen molar-refractivity contribution in [1.82, 2.24) is 14.1 Å². The first-order valence-electron chi connectivity index (χ1n) is 10.4. The van der Waals surface area contributed by atoms with Crippen LogP contribution >= 0.6 is 0 Å². The van der Waals surface area contributed by atoms with Crippen LogP contribution < -0.4 is 27.4 Å². The maximum Gasteiger partial charge on any atom is 0.333 e. The van der Waals surface area contributed by atoms with Crippen LogP contribution in [0.3, 0.4) is 0 Å². The van der Waals surface area contributed by atoms with Crippen molar-refractivity contribution in [2.45, 2.75) is 20.8 Å². The van der Waals surface area contributed by atoms with Gasteiger partial charge in [-0.3, -0.25) is 28.5 Å². The van der Waals surface area contributed by atoms with Crippen molar-refractivity contribution >= 4 is 34.0 Å². The van der Waals surface area contributed by atoms with Crippen LogP contribution in [-0.2, 0) is 11.8 Å². The van der Waals surface area contributed by atoms with E-state index in [9.17, 15) is 23.6 Å². The Hall–Kier alpha value is -4.47. The fourth-order valence-electron chi connectivity index (χ4n) is 3.90. The summed E-state index contributed by atoms with van der Waals surface area (Å²) < 4.78 is 17.0. The van der Waals surface area contributed by atoms with E-state index in [0.717, 1.165) is 0 Å². The number of pyridine rings is 1. The third-order valence-electron chi connectivity index (χ3n) is 5.47. The van der Waals surface area contributed by atoms with Gasteiger partial charge in [-0.15, -0.1) is 0 Å². The van der Waals surface area contributed by atoms with E-state index in [4.69, 9.17) is 0 Å². The van der Waals surface area contributed by atoms with Gasteiger partial charge in [-0.05, 0) is 49.7 Å². The molecule has 2 aromatic heterocycles. The summed E-state index contributed by atoms with van der Waals surface area (Å²) in [6.07, 6.45) is 0. The average molecular weight is 463 g/mol. The monoisotopic (exact) mass is 463 g/mol. The number of aromatic nitrogens is 3. The molecule has 0 saturated heterocycles. The molecule has 10 heteroatoms. The number of rotatable bonds is 4. The number of aromatic amines is 1. The topological polar surface area (TPSA) is 118 Å². The first-order chi connectivity index (χ1) is 16.1. The minimum atomic E-state index is -0.763. The number of carbonyl (C=O) groups excluding carboxylic acids is 1. The molecule has 9 nitrogen and oxygen atoms in total. The van der Waals surface area contributed by atoms with Crippen molar-refractivity contribution in [3.8, 4) is 5.69 Å². The summed E-state index contributed by atoms with van der Waals surface area (Å²) in [7, 11) is 1.45. The van der Waals surface area contributed by atoms with Crippen molar-refractivity contribution in [3.63, 3.8) is 0 Å². The van der Waals surface area contributed by atoms with E-state index in [-0.39, 0.29) is 33.9 Å². The van der Waals surface area contributed by atoms with Crippen LogP contribution in [0.5, 0.6) is 0 Å². The van der Waals surface area contributed by atoms with E-state index >= 15 is 0 Å². The number of nitrogens with one attached hydrogen (secondary N) is 3. The Balaban J connectivity index is 2.08. The lowest BCUT2D eigenvalue weighted by Gasteiger charge is -2.19. The normalized spacial score (nSPS) is 11.0. The van der Waals surface area contributed by atoms with Gasteiger partial charge in [-0.25, -0.2) is 9.18 Å². The molecule has 1 amide bonds. The van der Waals surface area contributed by atoms with Crippen molar-refractivity contribution in [1.29, 1.82) is 0 Å². The molecule has 0 atom stereocenters. The van der Waals surface area contributed by atoms with Gasteiger partial charge in [0.2, 0.25) is 5.91 Å². The highest BCUT2D eigenvalue weighted by molar-refractivity contribution is 5.94. The molecule has 0 unspecified atom stereocenters. The van der Waals surface area contributed by atoms with Crippen LogP contribution in [-0.4, -0.2) is 20.0 Å². The minimum absolute atomic E-state index is 0.00380. The molecule has 0 fully saturated rings. The molecule has 174 valence electrons. The number of amides is 1. The predicted octanol–water partition coefficient (Wildman–Crippen LogP) is 2.84. The number of halogens is 1. The SMILES string of the molecule is CC(=O)Nc1cccc(-n2c(=O)[nH]c(=O)c3c(Nc4ccc(C)cc4F)n(C)c(=O)c(C)c32)c1. The first kappa shape index (κ1) is 22.7. The number of nitrogens with zero attached hydrogens (tertiary/aromatic N) is 2. The van der Waals surface area contributed by atoms with E-state index in [1.54, 1.807) is 37.3 Å². The summed E-state index contributed by atoms with van der Waals surface area (Å²) in [4.78, 5) is 52.8. The number of anilines is 3. The molecule has 3 N–H and O–H groups in total. The Labute approximate surface area is 192 Å². The second kappa shape index (κ2) is 8.47. The van der Waals surface area contributed by atoms with Gasteiger partial charge in [0.15, 0.2) is 0 Å². The Bertz CT molecular complexity index is 1650. The molecule has 4 aromatic rings. The predicted molar refractivity (Wildman–Crippen MR) is 129 cm³/mol. The fourth-order valence-corrected chi connectivity index (χ4v) is 3.90. The second-order valence-corrected chi connectivity index (χ2v) is 8.00. The largest absolute Gasteiger partial charge is 0.338 e. The van der Waals surface area contributed by atoms with Gasteiger partial charge < -0.3 is 10.6 Å². The van der Waals surface area contributed by atoms with Gasteiger partial charge in [-0.2, -0.15) is 0 Å². The average Bonchev–Trinajstić information content (AvgIpc) is 2.76. The molecule has 0 bridgehead atoms. The molecule has 2 aromatic carbocycles. The number of hydrogen-bond acceptors (Lipinski definition) is 5. The molecule has 34 heavy (non-hydrogen) atoms.